The van der Waals surface area contributed by atoms with Crippen molar-refractivity contribution >= 4 is 29.4 Å². The minimum Gasteiger partial charge on any atom is -0.490 e. The number of halogens is 2. The van der Waals surface area contributed by atoms with Gasteiger partial charge < -0.3 is 9.47 Å². The number of aryl methyl sites for hydroxylation is 2. The molecule has 140 valence electrons. The summed E-state index contributed by atoms with van der Waals surface area (Å²) in [6.45, 7) is 4.73. The van der Waals surface area contributed by atoms with Crippen LogP contribution in [0.4, 0.5) is 0 Å². The number of hydrogen-bond donors (Lipinski definition) is 0. The zero-order chi connectivity index (χ0) is 19.2. The van der Waals surface area contributed by atoms with E-state index in [-0.39, 0.29) is 0 Å². The predicted molar refractivity (Wildman–Crippen MR) is 106 cm³/mol. The Morgan fingerprint density at radius 1 is 1.04 bits per heavy atom. The van der Waals surface area contributed by atoms with E-state index in [2.05, 4.69) is 15.3 Å². The Hall–Kier alpha value is -2.57. The lowest BCUT2D eigenvalue weighted by molar-refractivity contribution is 0.216. The van der Waals surface area contributed by atoms with Gasteiger partial charge in [0.05, 0.1) is 11.2 Å². The van der Waals surface area contributed by atoms with Crippen LogP contribution in [0.15, 0.2) is 48.1 Å². The predicted octanol–water partition coefficient (Wildman–Crippen LogP) is 4.54. The van der Waals surface area contributed by atoms with Crippen LogP contribution in [0.1, 0.15) is 16.7 Å². The van der Waals surface area contributed by atoms with Crippen molar-refractivity contribution in [2.75, 3.05) is 13.2 Å². The molecule has 1 aromatic heterocycles. The highest BCUT2D eigenvalue weighted by Crippen LogP contribution is 2.31. The smallest absolute Gasteiger partial charge is 0.147 e. The van der Waals surface area contributed by atoms with E-state index in [1.165, 1.54) is 17.3 Å². The topological polar surface area (TPSA) is 61.5 Å². The van der Waals surface area contributed by atoms with Crippen LogP contribution in [-0.2, 0) is 0 Å². The van der Waals surface area contributed by atoms with E-state index in [0.29, 0.717) is 34.6 Å². The van der Waals surface area contributed by atoms with Gasteiger partial charge in [0.15, 0.2) is 0 Å². The van der Waals surface area contributed by atoms with Gasteiger partial charge in [-0.15, -0.1) is 10.2 Å². The molecule has 6 nitrogen and oxygen atoms in total. The molecule has 0 radical (unpaired) electrons. The molecule has 3 aromatic rings. The molecule has 0 aliphatic rings. The average Bonchev–Trinajstić information content (AvgIpc) is 3.14. The molecule has 0 saturated heterocycles. The van der Waals surface area contributed by atoms with Crippen molar-refractivity contribution in [1.82, 2.24) is 14.9 Å². The minimum atomic E-state index is 0.322. The summed E-state index contributed by atoms with van der Waals surface area (Å²) >= 11 is 12.4. The Labute approximate surface area is 167 Å². The van der Waals surface area contributed by atoms with E-state index in [1.807, 2.05) is 32.0 Å². The second kappa shape index (κ2) is 8.88. The van der Waals surface area contributed by atoms with Crippen LogP contribution < -0.4 is 9.47 Å². The second-order valence-electron chi connectivity index (χ2n) is 5.86. The van der Waals surface area contributed by atoms with Crippen LogP contribution in [0.2, 0.25) is 10.0 Å². The lowest BCUT2D eigenvalue weighted by Crippen LogP contribution is -2.11. The van der Waals surface area contributed by atoms with Gasteiger partial charge in [0.2, 0.25) is 0 Å². The van der Waals surface area contributed by atoms with Crippen LogP contribution in [0.25, 0.3) is 0 Å². The first-order valence-electron chi connectivity index (χ1n) is 8.24. The van der Waals surface area contributed by atoms with Crippen molar-refractivity contribution in [3.05, 3.63) is 69.7 Å². The summed E-state index contributed by atoms with van der Waals surface area (Å²) in [5.41, 5.74) is 2.87. The highest BCUT2D eigenvalue weighted by molar-refractivity contribution is 6.36. The molecule has 2 aromatic carbocycles. The summed E-state index contributed by atoms with van der Waals surface area (Å²) in [6, 6.07) is 9.43. The van der Waals surface area contributed by atoms with Gasteiger partial charge in [-0.2, -0.15) is 5.10 Å². The number of aromatic nitrogens is 3. The monoisotopic (exact) mass is 404 g/mol. The van der Waals surface area contributed by atoms with Gasteiger partial charge in [-0.05, 0) is 43.2 Å². The Kier molecular flexibility index (Phi) is 6.32. The Bertz CT molecular complexity index is 943. The lowest BCUT2D eigenvalue weighted by atomic mass is 10.1. The third-order valence-corrected chi connectivity index (χ3v) is 4.20. The Morgan fingerprint density at radius 3 is 2.56 bits per heavy atom. The van der Waals surface area contributed by atoms with Crippen molar-refractivity contribution in [2.45, 2.75) is 13.8 Å². The molecule has 1 heterocycles. The molecule has 0 atom stereocenters. The van der Waals surface area contributed by atoms with Gasteiger partial charge in [0, 0.05) is 10.6 Å². The van der Waals surface area contributed by atoms with E-state index in [4.69, 9.17) is 32.7 Å². The molecular weight excluding hydrogens is 387 g/mol. The van der Waals surface area contributed by atoms with Gasteiger partial charge in [0.1, 0.15) is 37.4 Å². The van der Waals surface area contributed by atoms with Gasteiger partial charge in [0.25, 0.3) is 0 Å². The van der Waals surface area contributed by atoms with Crippen LogP contribution >= 0.6 is 23.2 Å². The highest BCUT2D eigenvalue weighted by Gasteiger charge is 2.10. The van der Waals surface area contributed by atoms with Crippen molar-refractivity contribution in [3.63, 3.8) is 0 Å². The first-order chi connectivity index (χ1) is 13.0. The Balaban J connectivity index is 1.68. The van der Waals surface area contributed by atoms with Crippen LogP contribution in [0, 0.1) is 13.8 Å². The van der Waals surface area contributed by atoms with E-state index >= 15 is 0 Å². The molecule has 0 bridgehead atoms. The molecule has 0 amide bonds. The summed E-state index contributed by atoms with van der Waals surface area (Å²) in [5.74, 6) is 1.33. The molecule has 0 N–H and O–H groups in total. The van der Waals surface area contributed by atoms with Crippen molar-refractivity contribution in [2.24, 2.45) is 5.10 Å². The second-order valence-corrected chi connectivity index (χ2v) is 6.70. The summed E-state index contributed by atoms with van der Waals surface area (Å²) < 4.78 is 13.1. The third-order valence-electron chi connectivity index (χ3n) is 3.70. The average molecular weight is 405 g/mol. The quantitative estimate of drug-likeness (QED) is 0.428. The lowest BCUT2D eigenvalue weighted by Gasteiger charge is -2.13. The normalized spacial score (nSPS) is 11.1. The summed E-state index contributed by atoms with van der Waals surface area (Å²) in [5, 5.41) is 12.5. The molecule has 0 aliphatic carbocycles. The molecule has 0 saturated carbocycles. The zero-order valence-electron chi connectivity index (χ0n) is 14.9. The van der Waals surface area contributed by atoms with Crippen LogP contribution in [-0.4, -0.2) is 34.3 Å². The van der Waals surface area contributed by atoms with Gasteiger partial charge in [-0.1, -0.05) is 35.3 Å². The molecule has 0 aliphatic heterocycles. The molecule has 0 unspecified atom stereocenters. The van der Waals surface area contributed by atoms with E-state index in [9.17, 15) is 0 Å². The number of hydrogen-bond acceptors (Lipinski definition) is 5. The fourth-order valence-corrected chi connectivity index (χ4v) is 2.93. The van der Waals surface area contributed by atoms with Crippen molar-refractivity contribution in [3.8, 4) is 11.5 Å². The standard InChI is InChI=1S/C19H18Cl2N4O2/c1-13-3-4-14(2)18(7-13)26-5-6-27-19-15(8-16(20)9-17(19)21)10-24-25-11-22-23-12-25/h3-4,7-12H,5-6H2,1-2H3/b24-10+. The van der Waals surface area contributed by atoms with Gasteiger partial charge in [-0.3, -0.25) is 0 Å². The third kappa shape index (κ3) is 5.21. The first kappa shape index (κ1) is 19.2. The molecule has 8 heteroatoms. The number of benzene rings is 2. The molecule has 27 heavy (non-hydrogen) atoms. The maximum atomic E-state index is 6.29. The summed E-state index contributed by atoms with van der Waals surface area (Å²) in [6.07, 6.45) is 4.53. The van der Waals surface area contributed by atoms with Gasteiger partial charge in [-0.25, -0.2) is 4.68 Å². The van der Waals surface area contributed by atoms with E-state index in [1.54, 1.807) is 18.3 Å². The maximum absolute atomic E-state index is 6.29. The zero-order valence-corrected chi connectivity index (χ0v) is 16.4. The fourth-order valence-electron chi connectivity index (χ4n) is 2.37. The number of ether oxygens (including phenoxy) is 2. The van der Waals surface area contributed by atoms with Crippen molar-refractivity contribution < 1.29 is 9.47 Å². The SMILES string of the molecule is Cc1ccc(C)c(OCCOc2c(Cl)cc(Cl)cc2/C=N/n2cnnc2)c1. The molecule has 0 fully saturated rings. The number of nitrogens with zero attached hydrogens (tertiary/aromatic N) is 4. The molecular formula is C19H18Cl2N4O2. The number of rotatable bonds is 7. The van der Waals surface area contributed by atoms with E-state index < -0.39 is 0 Å². The highest BCUT2D eigenvalue weighted by atomic mass is 35.5. The summed E-state index contributed by atoms with van der Waals surface area (Å²) in [4.78, 5) is 0. The van der Waals surface area contributed by atoms with Crippen LogP contribution in [0.3, 0.4) is 0 Å². The minimum absolute atomic E-state index is 0.322. The Morgan fingerprint density at radius 2 is 1.78 bits per heavy atom. The maximum Gasteiger partial charge on any atom is 0.147 e. The van der Waals surface area contributed by atoms with Crippen LogP contribution in [0.5, 0.6) is 11.5 Å². The largest absolute Gasteiger partial charge is 0.490 e. The fraction of sp³-hybridized carbons (Fsp3) is 0.211. The van der Waals surface area contributed by atoms with Crippen molar-refractivity contribution in [1.29, 1.82) is 0 Å². The summed E-state index contributed by atoms with van der Waals surface area (Å²) in [7, 11) is 0. The van der Waals surface area contributed by atoms with Gasteiger partial charge >= 0.3 is 0 Å². The van der Waals surface area contributed by atoms with E-state index in [0.717, 1.165) is 16.9 Å². The first-order valence-corrected chi connectivity index (χ1v) is 8.99. The molecule has 0 spiro atoms. The molecule has 3 rings (SSSR count).